The highest BCUT2D eigenvalue weighted by atomic mass is 16.3. The van der Waals surface area contributed by atoms with E-state index in [1.165, 1.54) is 5.56 Å². The van der Waals surface area contributed by atoms with Crippen LogP contribution in [0.15, 0.2) is 10.5 Å². The van der Waals surface area contributed by atoms with Gasteiger partial charge in [0.2, 0.25) is 0 Å². The van der Waals surface area contributed by atoms with Crippen LogP contribution in [0.5, 0.6) is 0 Å². The summed E-state index contributed by atoms with van der Waals surface area (Å²) in [6.45, 7) is 14.9. The summed E-state index contributed by atoms with van der Waals surface area (Å²) in [5.41, 5.74) is 1.48. The highest BCUT2D eigenvalue weighted by molar-refractivity contribution is 5.20. The number of hydrogen-bond donors (Lipinski definition) is 1. The van der Waals surface area contributed by atoms with E-state index in [2.05, 4.69) is 57.9 Å². The van der Waals surface area contributed by atoms with Crippen LogP contribution >= 0.6 is 0 Å². The van der Waals surface area contributed by atoms with Crippen molar-refractivity contribution in [3.05, 3.63) is 23.2 Å². The second kappa shape index (κ2) is 6.58. The molecule has 0 saturated carbocycles. The molecule has 0 fully saturated rings. The van der Waals surface area contributed by atoms with Crippen molar-refractivity contribution in [2.24, 2.45) is 0 Å². The lowest BCUT2D eigenvalue weighted by atomic mass is 10.00. The molecule has 19 heavy (non-hydrogen) atoms. The molecule has 1 heterocycles. The smallest absolute Gasteiger partial charge is 0.118 e. The SMILES string of the molecule is CCC(C)(C)N(C)Cc1cc(CNC(C)C)c(C)o1. The Kier molecular flexibility index (Phi) is 5.63. The average Bonchev–Trinajstić information content (AvgIpc) is 2.66. The molecular weight excluding hydrogens is 236 g/mol. The van der Waals surface area contributed by atoms with Gasteiger partial charge in [-0.25, -0.2) is 0 Å². The van der Waals surface area contributed by atoms with Crippen LogP contribution in [0.1, 0.15) is 58.1 Å². The zero-order valence-electron chi connectivity index (χ0n) is 13.6. The molecule has 0 spiro atoms. The van der Waals surface area contributed by atoms with Gasteiger partial charge in [-0.1, -0.05) is 20.8 Å². The van der Waals surface area contributed by atoms with Gasteiger partial charge < -0.3 is 9.73 Å². The highest BCUT2D eigenvalue weighted by Gasteiger charge is 2.22. The van der Waals surface area contributed by atoms with Crippen LogP contribution in [-0.4, -0.2) is 23.5 Å². The van der Waals surface area contributed by atoms with Crippen molar-refractivity contribution in [1.29, 1.82) is 0 Å². The predicted octanol–water partition coefficient (Wildman–Crippen LogP) is 3.71. The van der Waals surface area contributed by atoms with E-state index in [1.807, 2.05) is 6.92 Å². The van der Waals surface area contributed by atoms with Gasteiger partial charge >= 0.3 is 0 Å². The van der Waals surface area contributed by atoms with E-state index in [9.17, 15) is 0 Å². The molecule has 1 rings (SSSR count). The van der Waals surface area contributed by atoms with E-state index in [-0.39, 0.29) is 5.54 Å². The lowest BCUT2D eigenvalue weighted by Crippen LogP contribution is -2.39. The lowest BCUT2D eigenvalue weighted by molar-refractivity contribution is 0.132. The Labute approximate surface area is 118 Å². The Morgan fingerprint density at radius 1 is 1.37 bits per heavy atom. The molecule has 0 saturated heterocycles. The summed E-state index contributed by atoms with van der Waals surface area (Å²) in [6, 6.07) is 2.69. The van der Waals surface area contributed by atoms with Gasteiger partial charge in [0, 0.05) is 23.7 Å². The van der Waals surface area contributed by atoms with Crippen LogP contribution in [-0.2, 0) is 13.1 Å². The first kappa shape index (κ1) is 16.3. The monoisotopic (exact) mass is 266 g/mol. The Morgan fingerprint density at radius 2 is 2.00 bits per heavy atom. The number of hydrogen-bond acceptors (Lipinski definition) is 3. The molecular formula is C16H30N2O. The maximum atomic E-state index is 5.88. The summed E-state index contributed by atoms with van der Waals surface area (Å²) in [5.74, 6) is 2.09. The second-order valence-electron chi connectivity index (χ2n) is 6.35. The lowest BCUT2D eigenvalue weighted by Gasteiger charge is -2.34. The van der Waals surface area contributed by atoms with E-state index in [4.69, 9.17) is 4.42 Å². The molecule has 1 aromatic rings. The fraction of sp³-hybridized carbons (Fsp3) is 0.750. The number of rotatable bonds is 7. The number of furan rings is 1. The molecule has 0 atom stereocenters. The number of nitrogens with zero attached hydrogens (tertiary/aromatic N) is 1. The van der Waals surface area contributed by atoms with Crippen LogP contribution in [0, 0.1) is 6.92 Å². The zero-order valence-corrected chi connectivity index (χ0v) is 13.6. The van der Waals surface area contributed by atoms with E-state index >= 15 is 0 Å². The van der Waals surface area contributed by atoms with Crippen LogP contribution in [0.3, 0.4) is 0 Å². The van der Waals surface area contributed by atoms with Crippen molar-refractivity contribution in [3.8, 4) is 0 Å². The summed E-state index contributed by atoms with van der Waals surface area (Å²) >= 11 is 0. The van der Waals surface area contributed by atoms with Gasteiger partial charge in [-0.05, 0) is 40.3 Å². The van der Waals surface area contributed by atoms with Crippen molar-refractivity contribution >= 4 is 0 Å². The largest absolute Gasteiger partial charge is 0.465 e. The van der Waals surface area contributed by atoms with Gasteiger partial charge in [-0.3, -0.25) is 4.90 Å². The molecule has 0 amide bonds. The van der Waals surface area contributed by atoms with Crippen LogP contribution in [0.25, 0.3) is 0 Å². The standard InChI is InChI=1S/C16H30N2O/c1-8-16(5,6)18(7)11-15-9-14(13(4)19-15)10-17-12(2)3/h9,12,17H,8,10-11H2,1-7H3. The molecule has 0 radical (unpaired) electrons. The maximum absolute atomic E-state index is 5.88. The first-order chi connectivity index (χ1) is 8.76. The Hall–Kier alpha value is -0.800. The Morgan fingerprint density at radius 3 is 2.53 bits per heavy atom. The fourth-order valence-electron chi connectivity index (χ4n) is 1.87. The molecule has 1 aromatic heterocycles. The number of nitrogens with one attached hydrogen (secondary N) is 1. The fourth-order valence-corrected chi connectivity index (χ4v) is 1.87. The molecule has 3 nitrogen and oxygen atoms in total. The van der Waals surface area contributed by atoms with E-state index in [0.29, 0.717) is 6.04 Å². The normalized spacial score (nSPS) is 12.7. The molecule has 0 aliphatic carbocycles. The van der Waals surface area contributed by atoms with Crippen molar-refractivity contribution in [3.63, 3.8) is 0 Å². The van der Waals surface area contributed by atoms with Crippen molar-refractivity contribution in [2.45, 2.75) is 72.6 Å². The van der Waals surface area contributed by atoms with Crippen LogP contribution in [0.4, 0.5) is 0 Å². The van der Waals surface area contributed by atoms with Crippen LogP contribution in [0.2, 0.25) is 0 Å². The summed E-state index contributed by atoms with van der Waals surface area (Å²) < 4.78 is 5.88. The van der Waals surface area contributed by atoms with Gasteiger partial charge in [0.05, 0.1) is 6.54 Å². The summed E-state index contributed by atoms with van der Waals surface area (Å²) in [4.78, 5) is 2.35. The van der Waals surface area contributed by atoms with Crippen molar-refractivity contribution < 1.29 is 4.42 Å². The van der Waals surface area contributed by atoms with Gasteiger partial charge in [0.25, 0.3) is 0 Å². The topological polar surface area (TPSA) is 28.4 Å². The minimum atomic E-state index is 0.205. The second-order valence-corrected chi connectivity index (χ2v) is 6.35. The summed E-state index contributed by atoms with van der Waals surface area (Å²) in [7, 11) is 2.16. The zero-order chi connectivity index (χ0) is 14.6. The molecule has 1 N–H and O–H groups in total. The molecule has 110 valence electrons. The van der Waals surface area contributed by atoms with Gasteiger partial charge in [0.15, 0.2) is 0 Å². The highest BCUT2D eigenvalue weighted by Crippen LogP contribution is 2.22. The minimum Gasteiger partial charge on any atom is -0.465 e. The van der Waals surface area contributed by atoms with E-state index < -0.39 is 0 Å². The van der Waals surface area contributed by atoms with Crippen molar-refractivity contribution in [1.82, 2.24) is 10.2 Å². The minimum absolute atomic E-state index is 0.205. The third-order valence-corrected chi connectivity index (χ3v) is 4.06. The molecule has 0 aliphatic rings. The third kappa shape index (κ3) is 4.66. The van der Waals surface area contributed by atoms with E-state index in [0.717, 1.165) is 31.0 Å². The Bertz CT molecular complexity index is 393. The summed E-state index contributed by atoms with van der Waals surface area (Å²) in [5, 5.41) is 3.44. The summed E-state index contributed by atoms with van der Waals surface area (Å²) in [6.07, 6.45) is 1.13. The third-order valence-electron chi connectivity index (χ3n) is 4.06. The maximum Gasteiger partial charge on any atom is 0.118 e. The molecule has 0 aromatic carbocycles. The van der Waals surface area contributed by atoms with Gasteiger partial charge in [0.1, 0.15) is 11.5 Å². The average molecular weight is 266 g/mol. The molecule has 0 unspecified atom stereocenters. The molecule has 3 heteroatoms. The van der Waals surface area contributed by atoms with Crippen molar-refractivity contribution in [2.75, 3.05) is 7.05 Å². The molecule has 0 aliphatic heterocycles. The molecule has 0 bridgehead atoms. The van der Waals surface area contributed by atoms with Gasteiger partial charge in [-0.2, -0.15) is 0 Å². The first-order valence-corrected chi connectivity index (χ1v) is 7.29. The quantitative estimate of drug-likeness (QED) is 0.815. The Balaban J connectivity index is 2.68. The van der Waals surface area contributed by atoms with Crippen LogP contribution < -0.4 is 5.32 Å². The number of aryl methyl sites for hydroxylation is 1. The predicted molar refractivity (Wildman–Crippen MR) is 81.3 cm³/mol. The van der Waals surface area contributed by atoms with E-state index in [1.54, 1.807) is 0 Å². The first-order valence-electron chi connectivity index (χ1n) is 7.29. The van der Waals surface area contributed by atoms with Gasteiger partial charge in [-0.15, -0.1) is 0 Å².